The number of aliphatic hydroxyl groups excluding tert-OH is 1. The molecule has 24 heteroatoms. The Morgan fingerprint density at radius 2 is 1.40 bits per heavy atom. The summed E-state index contributed by atoms with van der Waals surface area (Å²) in [5, 5.41) is 30.1. The minimum atomic E-state index is -0.787. The van der Waals surface area contributed by atoms with Crippen LogP contribution >= 0.6 is 0 Å². The van der Waals surface area contributed by atoms with Crippen LogP contribution in [0.5, 0.6) is 0 Å². The largest absolute Gasteiger partial charge is 0.451 e. The average molecular weight is 1120 g/mol. The van der Waals surface area contributed by atoms with Crippen LogP contribution in [-0.2, 0) is 58.9 Å². The second-order valence-electron chi connectivity index (χ2n) is 20.0. The monoisotopic (exact) mass is 1120 g/mol. The van der Waals surface area contributed by atoms with Gasteiger partial charge in [0.25, 0.3) is 23.6 Å². The summed E-state index contributed by atoms with van der Waals surface area (Å²) < 4.78 is 27.7. The third-order valence-electron chi connectivity index (χ3n) is 13.8. The van der Waals surface area contributed by atoms with Crippen molar-refractivity contribution in [2.45, 2.75) is 70.6 Å². The molecule has 81 heavy (non-hydrogen) atoms. The number of anilines is 1. The maximum atomic E-state index is 13.7. The molecule has 1 aromatic heterocycles. The number of benzene rings is 1. The molecular weight excluding hydrogens is 1050 g/mol. The first-order chi connectivity index (χ1) is 39.1. The van der Waals surface area contributed by atoms with Gasteiger partial charge >= 0.3 is 0 Å². The molecule has 3 aliphatic carbocycles. The molecule has 1 fully saturated rings. The number of allylic oxidation sites excluding steroid dienone is 3. The molecule has 3 unspecified atom stereocenters. The lowest BCUT2D eigenvalue weighted by Crippen LogP contribution is -2.51. The lowest BCUT2D eigenvalue weighted by Gasteiger charge is -2.32. The van der Waals surface area contributed by atoms with Crippen molar-refractivity contribution in [3.8, 4) is 0 Å². The van der Waals surface area contributed by atoms with Crippen molar-refractivity contribution in [2.24, 2.45) is 11.8 Å². The first-order valence-corrected chi connectivity index (χ1v) is 27.4. The van der Waals surface area contributed by atoms with Crippen LogP contribution < -0.4 is 37.2 Å². The van der Waals surface area contributed by atoms with Crippen molar-refractivity contribution in [3.63, 3.8) is 0 Å². The van der Waals surface area contributed by atoms with E-state index in [1.54, 1.807) is 61.2 Å². The van der Waals surface area contributed by atoms with Crippen LogP contribution in [0.2, 0.25) is 0 Å². The van der Waals surface area contributed by atoms with E-state index in [1.807, 2.05) is 6.08 Å². The molecule has 7 rings (SSSR count). The number of imide groups is 1. The molecule has 8 N–H and O–H groups in total. The molecule has 1 saturated heterocycles. The fourth-order valence-electron chi connectivity index (χ4n) is 9.61. The second kappa shape index (κ2) is 30.8. The smallest absolute Gasteiger partial charge is 0.294 e. The highest BCUT2D eigenvalue weighted by Crippen LogP contribution is 2.43. The number of carbonyl (C=O) groups is 9. The van der Waals surface area contributed by atoms with Gasteiger partial charge in [0, 0.05) is 92.6 Å². The van der Waals surface area contributed by atoms with Crippen molar-refractivity contribution < 1.29 is 71.6 Å². The van der Waals surface area contributed by atoms with Gasteiger partial charge in [-0.2, -0.15) is 0 Å². The highest BCUT2D eigenvalue weighted by atomic mass is 16.6. The van der Waals surface area contributed by atoms with Crippen LogP contribution in [0.1, 0.15) is 78.2 Å². The molecule has 2 aliphatic heterocycles. The maximum absolute atomic E-state index is 13.7. The molecule has 0 bridgehead atoms. The molecule has 1 aromatic carbocycles. The van der Waals surface area contributed by atoms with Crippen molar-refractivity contribution >= 4 is 64.9 Å². The summed E-state index contributed by atoms with van der Waals surface area (Å²) in [5.41, 5.74) is 4.51. The third-order valence-corrected chi connectivity index (χ3v) is 13.8. The summed E-state index contributed by atoms with van der Waals surface area (Å²) in [6, 6.07) is 6.86. The summed E-state index contributed by atoms with van der Waals surface area (Å²) in [6.45, 7) is 6.59. The van der Waals surface area contributed by atoms with Gasteiger partial charge in [0.1, 0.15) is 5.76 Å². The number of fused-ring (bicyclic) bond motifs is 3. The Kier molecular flexibility index (Phi) is 23.2. The predicted molar refractivity (Wildman–Crippen MR) is 293 cm³/mol. The van der Waals surface area contributed by atoms with Gasteiger partial charge in [-0.15, -0.1) is 0 Å². The molecule has 2 aromatic rings. The van der Waals surface area contributed by atoms with Crippen molar-refractivity contribution in [1.29, 1.82) is 0 Å². The lowest BCUT2D eigenvalue weighted by molar-refractivity contribution is -0.137. The number of nitrogens with zero attached hydrogens (tertiary/aromatic N) is 2. The fraction of sp³-hybridized carbons (Fsp3) is 0.491. The second-order valence-corrected chi connectivity index (χ2v) is 20.0. The first kappa shape index (κ1) is 61.0. The normalized spacial score (nSPS) is 18.3. The van der Waals surface area contributed by atoms with E-state index in [1.165, 1.54) is 12.2 Å². The summed E-state index contributed by atoms with van der Waals surface area (Å²) >= 11 is 0. The standard InChI is InChI=1S/C57H73N9O15/c1-36(2)54(61-34-50(70)59-19-18-58-49(69)17-23-77-25-27-79-29-30-80-28-26-78-24-20-60-48(68)16-22-66-52(72)13-14-53(66)73)56(75)62-35-51(71)63-39-9-7-37(8-10-39)55(74)64-40-11-12-46-38(31-40)32-47(81-46)57(76)65-21-15-42-41-5-3-4-6-43(41)45(67)33-44(42)65/h3,5,7-14,32-33,36,40,43,45,54,61,67H,4,6,15-31,34-35H2,1-2H3,(H,58,69)(H,59,70)(H,60,68)(H,62,75)(H,63,71)(H,64,74)/t40?,43?,45?,54-/m0/s1. The number of amides is 9. The van der Waals surface area contributed by atoms with Gasteiger partial charge in [0.15, 0.2) is 5.76 Å². The van der Waals surface area contributed by atoms with Crippen LogP contribution in [0.3, 0.4) is 0 Å². The van der Waals surface area contributed by atoms with E-state index >= 15 is 0 Å². The molecular formula is C57H73N9O15. The van der Waals surface area contributed by atoms with E-state index in [0.29, 0.717) is 69.4 Å². The van der Waals surface area contributed by atoms with Gasteiger partial charge in [-0.1, -0.05) is 32.1 Å². The van der Waals surface area contributed by atoms with Gasteiger partial charge in [-0.05, 0) is 78.8 Å². The first-order valence-electron chi connectivity index (χ1n) is 27.4. The van der Waals surface area contributed by atoms with E-state index in [9.17, 15) is 48.3 Å². The number of carbonyl (C=O) groups excluding carboxylic acids is 9. The van der Waals surface area contributed by atoms with Crippen LogP contribution in [0, 0.1) is 11.8 Å². The van der Waals surface area contributed by atoms with E-state index in [0.717, 1.165) is 40.1 Å². The van der Waals surface area contributed by atoms with E-state index in [-0.39, 0.29) is 119 Å². The number of hydrogen-bond acceptors (Lipinski definition) is 16. The molecule has 24 nitrogen and oxygen atoms in total. The fourth-order valence-corrected chi connectivity index (χ4v) is 9.61. The summed E-state index contributed by atoms with van der Waals surface area (Å²) in [6.07, 6.45) is 14.3. The number of furan rings is 1. The van der Waals surface area contributed by atoms with Gasteiger partial charge in [-0.25, -0.2) is 0 Å². The quantitative estimate of drug-likeness (QED) is 0.0371. The number of rotatable bonds is 32. The Hall–Kier alpha value is -7.61. The van der Waals surface area contributed by atoms with Crippen molar-refractivity contribution in [1.82, 2.24) is 41.7 Å². The average Bonchev–Trinajstić information content (AvgIpc) is 4.18. The molecule has 436 valence electrons. The van der Waals surface area contributed by atoms with Gasteiger partial charge in [0.2, 0.25) is 29.5 Å². The zero-order valence-electron chi connectivity index (χ0n) is 45.7. The summed E-state index contributed by atoms with van der Waals surface area (Å²) in [7, 11) is 0. The van der Waals surface area contributed by atoms with E-state index in [4.69, 9.17) is 23.4 Å². The lowest BCUT2D eigenvalue weighted by atomic mass is 9.78. The Morgan fingerprint density at radius 3 is 2.10 bits per heavy atom. The van der Waals surface area contributed by atoms with Crippen molar-refractivity contribution in [2.75, 3.05) is 104 Å². The molecule has 5 aliphatic rings. The number of nitrogens with one attached hydrogen (secondary N) is 7. The highest BCUT2D eigenvalue weighted by Gasteiger charge is 2.39. The zero-order valence-corrected chi connectivity index (χ0v) is 45.7. The Labute approximate surface area is 469 Å². The zero-order chi connectivity index (χ0) is 57.7. The van der Waals surface area contributed by atoms with Gasteiger partial charge in [0.05, 0.1) is 84.1 Å². The van der Waals surface area contributed by atoms with Gasteiger partial charge in [-0.3, -0.25) is 53.4 Å². The Bertz CT molecular complexity index is 2750. The van der Waals surface area contributed by atoms with Crippen LogP contribution in [0.25, 0.3) is 6.08 Å². The minimum absolute atomic E-state index is 0.0133. The molecule has 0 radical (unpaired) electrons. The number of aliphatic hydroxyl groups is 1. The van der Waals surface area contributed by atoms with Crippen LogP contribution in [0.4, 0.5) is 5.69 Å². The summed E-state index contributed by atoms with van der Waals surface area (Å²) in [5.74, 6) is -2.81. The molecule has 0 saturated carbocycles. The molecule has 9 amide bonds. The number of hydrogen-bond donors (Lipinski definition) is 8. The Balaban J connectivity index is 0.673. The molecule has 0 spiro atoms. The molecule has 4 atom stereocenters. The highest BCUT2D eigenvalue weighted by molar-refractivity contribution is 6.13. The van der Waals surface area contributed by atoms with E-state index < -0.39 is 41.7 Å². The number of ether oxygens (including phenoxy) is 4. The third kappa shape index (κ3) is 18.2. The summed E-state index contributed by atoms with van der Waals surface area (Å²) in [4.78, 5) is 115. The molecule has 3 heterocycles. The predicted octanol–water partition coefficient (Wildman–Crippen LogP) is 0.804. The van der Waals surface area contributed by atoms with Crippen molar-refractivity contribution in [3.05, 3.63) is 106 Å². The topological polar surface area (TPSA) is 315 Å². The van der Waals surface area contributed by atoms with Crippen LogP contribution in [-0.4, -0.2) is 185 Å². The Morgan fingerprint density at radius 1 is 0.741 bits per heavy atom. The number of likely N-dealkylation sites (tertiary alicyclic amines) is 1. The van der Waals surface area contributed by atoms with E-state index in [2.05, 4.69) is 49.4 Å². The van der Waals surface area contributed by atoms with Crippen LogP contribution in [0.15, 0.2) is 88.0 Å². The van der Waals surface area contributed by atoms with Gasteiger partial charge < -0.3 is 65.3 Å². The SMILES string of the molecule is CC(C)[C@H](NCC(=O)NCCNC(=O)CCOCCOCCOCCOCCNC(=O)CCN1C(=O)C=CC1=O)C(=O)NCC(=O)Nc1ccc(C(=O)NC2C=Cc3oc(C(=O)N4CCC5=C6C=CCCC6C(O)C=C54)cc3C2)cc1. The minimum Gasteiger partial charge on any atom is -0.451 e. The maximum Gasteiger partial charge on any atom is 0.294 e.